The van der Waals surface area contributed by atoms with Gasteiger partial charge in [0.2, 0.25) is 0 Å². The quantitative estimate of drug-likeness (QED) is 0.802. The minimum absolute atomic E-state index is 0.316. The first kappa shape index (κ1) is 15.2. The lowest BCUT2D eigenvalue weighted by atomic mass is 10.2. The Hall–Kier alpha value is -1.20. The van der Waals surface area contributed by atoms with Gasteiger partial charge in [0.15, 0.2) is 11.7 Å². The number of halogens is 2. The molecule has 5 heteroatoms. The van der Waals surface area contributed by atoms with Gasteiger partial charge in [-0.25, -0.2) is 9.37 Å². The average molecular weight is 341 g/mol. The molecule has 0 saturated carbocycles. The van der Waals surface area contributed by atoms with E-state index in [1.807, 2.05) is 0 Å². The van der Waals surface area contributed by atoms with Gasteiger partial charge in [-0.05, 0) is 31.2 Å². The molecule has 0 spiro atoms. The van der Waals surface area contributed by atoms with Crippen LogP contribution in [-0.2, 0) is 6.42 Å². The van der Waals surface area contributed by atoms with Gasteiger partial charge in [-0.1, -0.05) is 29.8 Å². The number of benzene rings is 1. The lowest BCUT2D eigenvalue weighted by Crippen LogP contribution is -2.23. The van der Waals surface area contributed by atoms with Crippen LogP contribution in [0.25, 0.3) is 11.3 Å². The van der Waals surface area contributed by atoms with Crippen LogP contribution >= 0.6 is 15.9 Å². The smallest absolute Gasteiger partial charge is 0.194 e. The van der Waals surface area contributed by atoms with E-state index in [1.165, 1.54) is 6.07 Å². The van der Waals surface area contributed by atoms with Crippen LogP contribution in [0.2, 0.25) is 0 Å². The van der Waals surface area contributed by atoms with E-state index >= 15 is 0 Å². The van der Waals surface area contributed by atoms with Gasteiger partial charge in [-0.15, -0.1) is 0 Å². The van der Waals surface area contributed by atoms with E-state index in [0.717, 1.165) is 19.4 Å². The number of hydrogen-bond acceptors (Lipinski definition) is 3. The van der Waals surface area contributed by atoms with Crippen LogP contribution in [0.3, 0.4) is 0 Å². The van der Waals surface area contributed by atoms with Gasteiger partial charge >= 0.3 is 0 Å². The predicted octanol–water partition coefficient (Wildman–Crippen LogP) is 4.17. The number of rotatable bonds is 6. The van der Waals surface area contributed by atoms with Crippen molar-refractivity contribution in [2.24, 2.45) is 0 Å². The monoisotopic (exact) mass is 340 g/mol. The van der Waals surface area contributed by atoms with Gasteiger partial charge in [0.1, 0.15) is 5.82 Å². The first-order valence-corrected chi connectivity index (χ1v) is 7.49. The van der Waals surface area contributed by atoms with Crippen LogP contribution in [0.15, 0.2) is 33.3 Å². The van der Waals surface area contributed by atoms with Crippen molar-refractivity contribution < 1.29 is 8.81 Å². The number of aromatic nitrogens is 1. The summed E-state index contributed by atoms with van der Waals surface area (Å²) in [6.07, 6.45) is 3.27. The van der Waals surface area contributed by atoms with E-state index in [0.29, 0.717) is 27.7 Å². The fourth-order valence-electron chi connectivity index (χ4n) is 1.87. The van der Waals surface area contributed by atoms with E-state index in [4.69, 9.17) is 4.42 Å². The largest absolute Gasteiger partial charge is 0.441 e. The number of oxazole rings is 1. The molecule has 0 fully saturated rings. The highest BCUT2D eigenvalue weighted by Crippen LogP contribution is 2.26. The Morgan fingerprint density at radius 3 is 2.90 bits per heavy atom. The lowest BCUT2D eigenvalue weighted by molar-refractivity contribution is 0.482. The zero-order chi connectivity index (χ0) is 14.5. The summed E-state index contributed by atoms with van der Waals surface area (Å²) in [5, 5.41) is 3.33. The van der Waals surface area contributed by atoms with Gasteiger partial charge < -0.3 is 9.73 Å². The van der Waals surface area contributed by atoms with E-state index in [1.54, 1.807) is 18.3 Å². The number of aryl methyl sites for hydroxylation is 1. The maximum absolute atomic E-state index is 13.8. The zero-order valence-electron chi connectivity index (χ0n) is 11.6. The highest BCUT2D eigenvalue weighted by Gasteiger charge is 2.11. The van der Waals surface area contributed by atoms with E-state index in [2.05, 4.69) is 40.1 Å². The second kappa shape index (κ2) is 6.99. The molecule has 0 aliphatic heterocycles. The third-order valence-electron chi connectivity index (χ3n) is 2.87. The summed E-state index contributed by atoms with van der Waals surface area (Å²) in [5.41, 5.74) is 0.437. The SMILES string of the molecule is CC(C)NCCCc1ncc(-c2ccc(Br)cc2F)o1. The molecule has 3 nitrogen and oxygen atoms in total. The van der Waals surface area contributed by atoms with Crippen LogP contribution < -0.4 is 5.32 Å². The number of hydrogen-bond donors (Lipinski definition) is 1. The summed E-state index contributed by atoms with van der Waals surface area (Å²) < 4.78 is 20.1. The van der Waals surface area contributed by atoms with Crippen molar-refractivity contribution in [2.75, 3.05) is 6.54 Å². The van der Waals surface area contributed by atoms with Gasteiger partial charge in [-0.3, -0.25) is 0 Å². The van der Waals surface area contributed by atoms with Crippen molar-refractivity contribution in [1.82, 2.24) is 10.3 Å². The van der Waals surface area contributed by atoms with Crippen LogP contribution in [0.1, 0.15) is 26.2 Å². The molecule has 2 rings (SSSR count). The second-order valence-electron chi connectivity index (χ2n) is 4.95. The Morgan fingerprint density at radius 2 is 2.20 bits per heavy atom. The third kappa shape index (κ3) is 4.15. The molecule has 20 heavy (non-hydrogen) atoms. The molecule has 1 aromatic heterocycles. The second-order valence-corrected chi connectivity index (χ2v) is 5.87. The van der Waals surface area contributed by atoms with Crippen LogP contribution in [-0.4, -0.2) is 17.6 Å². The third-order valence-corrected chi connectivity index (χ3v) is 3.36. The molecular weight excluding hydrogens is 323 g/mol. The lowest BCUT2D eigenvalue weighted by Gasteiger charge is -2.06. The normalized spacial score (nSPS) is 11.2. The topological polar surface area (TPSA) is 38.1 Å². The molecule has 0 atom stereocenters. The Bertz CT molecular complexity index is 569. The predicted molar refractivity (Wildman–Crippen MR) is 81.1 cm³/mol. The molecule has 0 radical (unpaired) electrons. The first-order chi connectivity index (χ1) is 9.56. The van der Waals surface area contributed by atoms with Crippen molar-refractivity contribution in [2.45, 2.75) is 32.7 Å². The highest BCUT2D eigenvalue weighted by atomic mass is 79.9. The minimum atomic E-state index is -0.316. The Kier molecular flexibility index (Phi) is 5.31. The van der Waals surface area contributed by atoms with E-state index in [9.17, 15) is 4.39 Å². The molecule has 0 bridgehead atoms. The Balaban J connectivity index is 1.98. The molecule has 1 heterocycles. The first-order valence-electron chi connectivity index (χ1n) is 6.70. The van der Waals surface area contributed by atoms with Crippen LogP contribution in [0, 0.1) is 5.82 Å². The zero-order valence-corrected chi connectivity index (χ0v) is 13.2. The summed E-state index contributed by atoms with van der Waals surface area (Å²) in [6, 6.07) is 5.37. The van der Waals surface area contributed by atoms with Gasteiger partial charge in [-0.2, -0.15) is 0 Å². The number of nitrogens with zero attached hydrogens (tertiary/aromatic N) is 1. The van der Waals surface area contributed by atoms with E-state index in [-0.39, 0.29) is 5.82 Å². The Morgan fingerprint density at radius 1 is 1.40 bits per heavy atom. The standard InChI is InChI=1S/C15H18BrFN2O/c1-10(2)18-7-3-4-15-19-9-14(20-15)12-6-5-11(16)8-13(12)17/h5-6,8-10,18H,3-4,7H2,1-2H3. The average Bonchev–Trinajstić information content (AvgIpc) is 2.83. The molecule has 1 aromatic carbocycles. The van der Waals surface area contributed by atoms with Crippen molar-refractivity contribution >= 4 is 15.9 Å². The fourth-order valence-corrected chi connectivity index (χ4v) is 2.20. The van der Waals surface area contributed by atoms with Crippen molar-refractivity contribution in [3.05, 3.63) is 40.6 Å². The molecule has 0 aliphatic carbocycles. The maximum atomic E-state index is 13.8. The van der Waals surface area contributed by atoms with Gasteiger partial charge in [0, 0.05) is 16.9 Å². The number of nitrogens with one attached hydrogen (secondary N) is 1. The van der Waals surface area contributed by atoms with Gasteiger partial charge in [0.05, 0.1) is 11.8 Å². The summed E-state index contributed by atoms with van der Waals surface area (Å²) >= 11 is 3.23. The summed E-state index contributed by atoms with van der Waals surface area (Å²) in [5.74, 6) is 0.804. The van der Waals surface area contributed by atoms with Crippen LogP contribution in [0.4, 0.5) is 4.39 Å². The van der Waals surface area contributed by atoms with Crippen molar-refractivity contribution in [3.8, 4) is 11.3 Å². The van der Waals surface area contributed by atoms with Crippen molar-refractivity contribution in [1.29, 1.82) is 0 Å². The molecular formula is C15H18BrFN2O. The summed E-state index contributed by atoms with van der Waals surface area (Å²) in [4.78, 5) is 4.20. The highest BCUT2D eigenvalue weighted by molar-refractivity contribution is 9.10. The summed E-state index contributed by atoms with van der Waals surface area (Å²) in [6.45, 7) is 5.14. The fraction of sp³-hybridized carbons (Fsp3) is 0.400. The van der Waals surface area contributed by atoms with Gasteiger partial charge in [0.25, 0.3) is 0 Å². The van der Waals surface area contributed by atoms with E-state index < -0.39 is 0 Å². The Labute approximate surface area is 126 Å². The molecule has 1 N–H and O–H groups in total. The molecule has 2 aromatic rings. The molecule has 0 unspecified atom stereocenters. The summed E-state index contributed by atoms with van der Waals surface area (Å²) in [7, 11) is 0. The molecule has 0 aliphatic rings. The van der Waals surface area contributed by atoms with Crippen LogP contribution in [0.5, 0.6) is 0 Å². The maximum Gasteiger partial charge on any atom is 0.194 e. The molecule has 108 valence electrons. The minimum Gasteiger partial charge on any atom is -0.441 e. The van der Waals surface area contributed by atoms with Crippen molar-refractivity contribution in [3.63, 3.8) is 0 Å². The molecule has 0 amide bonds. The molecule has 0 saturated heterocycles.